The summed E-state index contributed by atoms with van der Waals surface area (Å²) in [5.74, 6) is 1.78. The van der Waals surface area contributed by atoms with Gasteiger partial charge in [0.1, 0.15) is 5.82 Å². The van der Waals surface area contributed by atoms with Crippen LogP contribution in [0.2, 0.25) is 0 Å². The number of hydrogen-bond acceptors (Lipinski definition) is 5. The van der Waals surface area contributed by atoms with E-state index < -0.39 is 0 Å². The van der Waals surface area contributed by atoms with Gasteiger partial charge in [0.15, 0.2) is 0 Å². The molecule has 7 nitrogen and oxygen atoms in total. The maximum Gasteiger partial charge on any atom is 0.222 e. The Morgan fingerprint density at radius 1 is 1.28 bits per heavy atom. The molecule has 0 bridgehead atoms. The van der Waals surface area contributed by atoms with E-state index in [1.54, 1.807) is 0 Å². The number of likely N-dealkylation sites (tertiary alicyclic amines) is 1. The monoisotopic (exact) mass is 340 g/mol. The van der Waals surface area contributed by atoms with Crippen molar-refractivity contribution in [2.75, 3.05) is 18.4 Å². The maximum atomic E-state index is 12.6. The largest absolute Gasteiger partial charge is 0.363 e. The number of anilines is 1. The molecule has 2 aliphatic rings. The standard InChI is InChI=1S/C18H24N6O/c1-12-3-6-17(22-21-12)20-16-10-24(18(25)7-13-4-5-13)8-14(16)15-9-23(2)11-19-15/h3,6,9,11,13-14,16H,4-5,7-8,10H2,1-2H3,(H,20,22)/t14-,16+/m0/s1. The number of nitrogens with zero attached hydrogens (tertiary/aromatic N) is 5. The van der Waals surface area contributed by atoms with E-state index in [1.807, 2.05) is 48.1 Å². The lowest BCUT2D eigenvalue weighted by atomic mass is 10.0. The van der Waals surface area contributed by atoms with Gasteiger partial charge in [-0.05, 0) is 37.8 Å². The number of aryl methyl sites for hydroxylation is 2. The van der Waals surface area contributed by atoms with E-state index in [9.17, 15) is 4.79 Å². The predicted octanol–water partition coefficient (Wildman–Crippen LogP) is 1.73. The summed E-state index contributed by atoms with van der Waals surface area (Å²) in [7, 11) is 1.97. The maximum absolute atomic E-state index is 12.6. The third-order valence-corrected chi connectivity index (χ3v) is 5.07. The summed E-state index contributed by atoms with van der Waals surface area (Å²) < 4.78 is 1.95. The van der Waals surface area contributed by atoms with Gasteiger partial charge in [0.2, 0.25) is 5.91 Å². The van der Waals surface area contributed by atoms with Gasteiger partial charge in [0, 0.05) is 38.7 Å². The number of rotatable bonds is 5. The van der Waals surface area contributed by atoms with Gasteiger partial charge in [0.25, 0.3) is 0 Å². The lowest BCUT2D eigenvalue weighted by Gasteiger charge is -2.18. The first-order valence-electron chi connectivity index (χ1n) is 8.91. The highest BCUT2D eigenvalue weighted by molar-refractivity contribution is 5.77. The predicted molar refractivity (Wildman–Crippen MR) is 94.0 cm³/mol. The highest BCUT2D eigenvalue weighted by Crippen LogP contribution is 2.35. The molecular weight excluding hydrogens is 316 g/mol. The van der Waals surface area contributed by atoms with Crippen LogP contribution < -0.4 is 5.32 Å². The Hall–Kier alpha value is -2.44. The molecular formula is C18H24N6O. The van der Waals surface area contributed by atoms with E-state index in [0.717, 1.165) is 17.2 Å². The summed E-state index contributed by atoms with van der Waals surface area (Å²) in [5.41, 5.74) is 1.90. The van der Waals surface area contributed by atoms with E-state index >= 15 is 0 Å². The van der Waals surface area contributed by atoms with Crippen molar-refractivity contribution < 1.29 is 4.79 Å². The minimum absolute atomic E-state index is 0.0926. The molecule has 2 atom stereocenters. The average molecular weight is 340 g/mol. The smallest absolute Gasteiger partial charge is 0.222 e. The second-order valence-corrected chi connectivity index (χ2v) is 7.33. The van der Waals surface area contributed by atoms with Crippen LogP contribution in [0.25, 0.3) is 0 Å². The molecule has 0 spiro atoms. The van der Waals surface area contributed by atoms with Crippen molar-refractivity contribution in [3.8, 4) is 0 Å². The Labute approximate surface area is 147 Å². The van der Waals surface area contributed by atoms with Gasteiger partial charge < -0.3 is 14.8 Å². The summed E-state index contributed by atoms with van der Waals surface area (Å²) in [5, 5.41) is 11.8. The van der Waals surface area contributed by atoms with Crippen LogP contribution in [0.4, 0.5) is 5.82 Å². The third-order valence-electron chi connectivity index (χ3n) is 5.07. The summed E-state index contributed by atoms with van der Waals surface area (Å²) >= 11 is 0. The van der Waals surface area contributed by atoms with Crippen LogP contribution in [-0.2, 0) is 11.8 Å². The minimum atomic E-state index is 0.0926. The zero-order valence-corrected chi connectivity index (χ0v) is 14.7. The van der Waals surface area contributed by atoms with Crippen LogP contribution in [0.1, 0.15) is 36.6 Å². The molecule has 2 aromatic rings. The third kappa shape index (κ3) is 3.65. The highest BCUT2D eigenvalue weighted by atomic mass is 16.2. The van der Waals surface area contributed by atoms with Gasteiger partial charge in [-0.1, -0.05) is 0 Å². The lowest BCUT2D eigenvalue weighted by Crippen LogP contribution is -2.32. The molecule has 7 heteroatoms. The number of aromatic nitrogens is 4. The molecule has 1 amide bonds. The Morgan fingerprint density at radius 2 is 2.12 bits per heavy atom. The molecule has 2 aromatic heterocycles. The molecule has 1 saturated carbocycles. The lowest BCUT2D eigenvalue weighted by molar-refractivity contribution is -0.130. The first kappa shape index (κ1) is 16.1. The van der Waals surface area contributed by atoms with E-state index in [0.29, 0.717) is 25.4 Å². The van der Waals surface area contributed by atoms with Gasteiger partial charge in [-0.3, -0.25) is 4.79 Å². The van der Waals surface area contributed by atoms with Gasteiger partial charge in [-0.15, -0.1) is 5.10 Å². The van der Waals surface area contributed by atoms with Crippen LogP contribution in [0.3, 0.4) is 0 Å². The Morgan fingerprint density at radius 3 is 2.76 bits per heavy atom. The Bertz CT molecular complexity index is 751. The quantitative estimate of drug-likeness (QED) is 0.897. The summed E-state index contributed by atoms with van der Waals surface area (Å²) in [6.07, 6.45) is 6.93. The normalized spacial score (nSPS) is 23.0. The fourth-order valence-electron chi connectivity index (χ4n) is 3.44. The topological polar surface area (TPSA) is 75.9 Å². The molecule has 0 radical (unpaired) electrons. The average Bonchev–Trinajstić information content (AvgIpc) is 3.14. The van der Waals surface area contributed by atoms with E-state index in [1.165, 1.54) is 12.8 Å². The SMILES string of the molecule is Cc1ccc(N[C@@H]2CN(C(=O)CC3CC3)C[C@H]2c2cn(C)cn2)nn1. The van der Waals surface area contributed by atoms with Crippen LogP contribution in [-0.4, -0.2) is 49.7 Å². The van der Waals surface area contributed by atoms with Crippen molar-refractivity contribution in [3.05, 3.63) is 36.0 Å². The number of hydrogen-bond donors (Lipinski definition) is 1. The number of carbonyl (C=O) groups is 1. The van der Waals surface area contributed by atoms with Crippen LogP contribution in [0.5, 0.6) is 0 Å². The number of imidazole rings is 1. The van der Waals surface area contributed by atoms with Crippen molar-refractivity contribution >= 4 is 11.7 Å². The van der Waals surface area contributed by atoms with Gasteiger partial charge in [-0.25, -0.2) is 4.98 Å². The number of carbonyl (C=O) groups excluding carboxylic acids is 1. The van der Waals surface area contributed by atoms with E-state index in [-0.39, 0.29) is 17.9 Å². The van der Waals surface area contributed by atoms with Gasteiger partial charge in [-0.2, -0.15) is 5.10 Å². The second kappa shape index (κ2) is 6.46. The Balaban J connectivity index is 1.52. The molecule has 1 aliphatic heterocycles. The van der Waals surface area contributed by atoms with Crippen molar-refractivity contribution in [3.63, 3.8) is 0 Å². The zero-order chi connectivity index (χ0) is 17.4. The number of nitrogens with one attached hydrogen (secondary N) is 1. The summed E-state index contributed by atoms with van der Waals surface area (Å²) in [6.45, 7) is 3.31. The molecule has 1 N–H and O–H groups in total. The van der Waals surface area contributed by atoms with Crippen molar-refractivity contribution in [1.29, 1.82) is 0 Å². The minimum Gasteiger partial charge on any atom is -0.363 e. The molecule has 1 saturated heterocycles. The molecule has 0 aromatic carbocycles. The van der Waals surface area contributed by atoms with Gasteiger partial charge in [0.05, 0.1) is 23.8 Å². The highest BCUT2D eigenvalue weighted by Gasteiger charge is 2.39. The fraction of sp³-hybridized carbons (Fsp3) is 0.556. The summed E-state index contributed by atoms with van der Waals surface area (Å²) in [6, 6.07) is 3.97. The molecule has 25 heavy (non-hydrogen) atoms. The van der Waals surface area contributed by atoms with E-state index in [4.69, 9.17) is 0 Å². The molecule has 2 fully saturated rings. The van der Waals surface area contributed by atoms with Crippen molar-refractivity contribution in [2.24, 2.45) is 13.0 Å². The molecule has 1 aliphatic carbocycles. The first-order chi connectivity index (χ1) is 12.1. The van der Waals surface area contributed by atoms with E-state index in [2.05, 4.69) is 20.5 Å². The second-order valence-electron chi connectivity index (χ2n) is 7.33. The Kier molecular flexibility index (Phi) is 4.15. The molecule has 3 heterocycles. The van der Waals surface area contributed by atoms with Crippen molar-refractivity contribution in [2.45, 2.75) is 38.1 Å². The molecule has 132 valence electrons. The number of amides is 1. The van der Waals surface area contributed by atoms with Crippen LogP contribution >= 0.6 is 0 Å². The molecule has 0 unspecified atom stereocenters. The zero-order valence-electron chi connectivity index (χ0n) is 14.7. The van der Waals surface area contributed by atoms with Crippen LogP contribution in [0.15, 0.2) is 24.7 Å². The summed E-state index contributed by atoms with van der Waals surface area (Å²) in [4.78, 5) is 19.1. The van der Waals surface area contributed by atoms with Crippen molar-refractivity contribution in [1.82, 2.24) is 24.6 Å². The first-order valence-corrected chi connectivity index (χ1v) is 8.91. The fourth-order valence-corrected chi connectivity index (χ4v) is 3.44. The van der Waals surface area contributed by atoms with Gasteiger partial charge >= 0.3 is 0 Å². The van der Waals surface area contributed by atoms with Crippen LogP contribution in [0, 0.1) is 12.8 Å². The molecule has 4 rings (SSSR count).